The molecule has 1 amide bonds. The lowest BCUT2D eigenvalue weighted by Gasteiger charge is -2.05. The summed E-state index contributed by atoms with van der Waals surface area (Å²) in [6, 6.07) is 6.33. The molecule has 0 atom stereocenters. The number of rotatable bonds is 4. The molecule has 0 aliphatic rings. The normalized spacial score (nSPS) is 11.0. The number of amides is 1. The van der Waals surface area contributed by atoms with E-state index < -0.39 is 0 Å². The number of thiazole rings is 1. The van der Waals surface area contributed by atoms with Crippen LogP contribution in [0.3, 0.4) is 0 Å². The number of hydrogen-bond donors (Lipinski definition) is 1. The first-order valence-corrected chi connectivity index (χ1v) is 8.86. The molecule has 0 radical (unpaired) electrons. The van der Waals surface area contributed by atoms with E-state index in [0.29, 0.717) is 17.7 Å². The van der Waals surface area contributed by atoms with Gasteiger partial charge < -0.3 is 0 Å². The topological polar surface area (TPSA) is 59.3 Å². The predicted molar refractivity (Wildman–Crippen MR) is 92.8 cm³/mol. The molecule has 3 rings (SSSR count). The Morgan fingerprint density at radius 3 is 2.95 bits per heavy atom. The van der Waals surface area contributed by atoms with Crippen LogP contribution in [0.25, 0.3) is 16.2 Å². The Kier molecular flexibility index (Phi) is 4.26. The quantitative estimate of drug-likeness (QED) is 0.702. The van der Waals surface area contributed by atoms with Crippen molar-refractivity contribution in [2.24, 2.45) is 0 Å². The molecule has 0 aliphatic heterocycles. The van der Waals surface area contributed by atoms with E-state index >= 15 is 0 Å². The molecule has 2 aromatic heterocycles. The van der Waals surface area contributed by atoms with Crippen molar-refractivity contribution >= 4 is 44.1 Å². The van der Waals surface area contributed by atoms with Gasteiger partial charge in [-0.15, -0.1) is 16.4 Å². The Balaban J connectivity index is 1.98. The van der Waals surface area contributed by atoms with E-state index in [2.05, 4.69) is 63.4 Å². The highest BCUT2D eigenvalue weighted by Crippen LogP contribution is 2.28. The van der Waals surface area contributed by atoms with Crippen LogP contribution in [0.4, 0.5) is 5.95 Å². The molecule has 22 heavy (non-hydrogen) atoms. The van der Waals surface area contributed by atoms with E-state index in [-0.39, 0.29) is 5.91 Å². The Hall–Kier alpha value is -1.73. The van der Waals surface area contributed by atoms with Crippen LogP contribution in [-0.2, 0) is 4.79 Å². The molecule has 0 fully saturated rings. The van der Waals surface area contributed by atoms with E-state index in [1.807, 2.05) is 5.38 Å². The second kappa shape index (κ2) is 6.18. The molecule has 1 aromatic carbocycles. The van der Waals surface area contributed by atoms with E-state index in [1.165, 1.54) is 22.5 Å². The van der Waals surface area contributed by atoms with Crippen LogP contribution >= 0.6 is 27.3 Å². The van der Waals surface area contributed by atoms with E-state index in [4.69, 9.17) is 0 Å². The molecular formula is C15H15BrN4OS. The molecule has 0 saturated carbocycles. The number of carbonyl (C=O) groups is 1. The molecule has 114 valence electrons. The fourth-order valence-corrected chi connectivity index (χ4v) is 3.48. The van der Waals surface area contributed by atoms with Gasteiger partial charge in [0.15, 0.2) is 0 Å². The third-order valence-electron chi connectivity index (χ3n) is 3.31. The number of nitrogens with zero attached hydrogens (tertiary/aromatic N) is 3. The second-order valence-corrected chi connectivity index (χ2v) is 6.69. The number of carbonyl (C=O) groups excluding carboxylic acids is 1. The smallest absolute Gasteiger partial charge is 0.250 e. The maximum atomic E-state index is 11.6. The minimum Gasteiger partial charge on any atom is -0.293 e. The van der Waals surface area contributed by atoms with Gasteiger partial charge in [0, 0.05) is 22.7 Å². The number of anilines is 1. The SMILES string of the molecule is Cc1ccc(-c2csc3nc(NC(=O)CCBr)nn23)c(C)c1. The summed E-state index contributed by atoms with van der Waals surface area (Å²) in [6.07, 6.45) is 0.400. The lowest BCUT2D eigenvalue weighted by atomic mass is 10.0. The molecule has 0 bridgehead atoms. The lowest BCUT2D eigenvalue weighted by Crippen LogP contribution is -2.12. The van der Waals surface area contributed by atoms with Crippen LogP contribution < -0.4 is 5.32 Å². The van der Waals surface area contributed by atoms with Gasteiger partial charge in [0.25, 0.3) is 0 Å². The Bertz CT molecular complexity index is 839. The molecule has 7 heteroatoms. The van der Waals surface area contributed by atoms with Crippen molar-refractivity contribution in [1.82, 2.24) is 14.6 Å². The second-order valence-electron chi connectivity index (χ2n) is 5.06. The van der Waals surface area contributed by atoms with E-state index in [9.17, 15) is 4.79 Å². The minimum atomic E-state index is -0.0943. The van der Waals surface area contributed by atoms with Crippen LogP contribution in [0.5, 0.6) is 0 Å². The highest BCUT2D eigenvalue weighted by molar-refractivity contribution is 9.09. The summed E-state index contributed by atoms with van der Waals surface area (Å²) in [5, 5.41) is 9.78. The van der Waals surface area contributed by atoms with Crippen molar-refractivity contribution < 1.29 is 4.79 Å². The van der Waals surface area contributed by atoms with Crippen molar-refractivity contribution in [3.8, 4) is 11.3 Å². The number of halogens is 1. The van der Waals surface area contributed by atoms with Crippen LogP contribution in [0.1, 0.15) is 17.5 Å². The van der Waals surface area contributed by atoms with Gasteiger partial charge in [-0.3, -0.25) is 10.1 Å². The molecule has 0 unspecified atom stereocenters. The number of fused-ring (bicyclic) bond motifs is 1. The zero-order valence-electron chi connectivity index (χ0n) is 12.3. The molecule has 0 spiro atoms. The van der Waals surface area contributed by atoms with Gasteiger partial charge in [-0.1, -0.05) is 39.7 Å². The van der Waals surface area contributed by atoms with Gasteiger partial charge in [0.05, 0.1) is 5.69 Å². The maximum absolute atomic E-state index is 11.6. The third kappa shape index (κ3) is 2.91. The maximum Gasteiger partial charge on any atom is 0.250 e. The van der Waals surface area contributed by atoms with Gasteiger partial charge in [0.2, 0.25) is 16.8 Å². The van der Waals surface area contributed by atoms with Gasteiger partial charge in [0.1, 0.15) is 0 Å². The van der Waals surface area contributed by atoms with Gasteiger partial charge in [-0.2, -0.15) is 4.98 Å². The first-order chi connectivity index (χ1) is 10.6. The Morgan fingerprint density at radius 2 is 2.23 bits per heavy atom. The van der Waals surface area contributed by atoms with Gasteiger partial charge >= 0.3 is 0 Å². The number of aryl methyl sites for hydroxylation is 2. The zero-order valence-corrected chi connectivity index (χ0v) is 14.7. The summed E-state index contributed by atoms with van der Waals surface area (Å²) in [7, 11) is 0. The summed E-state index contributed by atoms with van der Waals surface area (Å²) in [4.78, 5) is 16.7. The molecule has 0 aliphatic carbocycles. The van der Waals surface area contributed by atoms with Crippen molar-refractivity contribution in [2.75, 3.05) is 10.6 Å². The van der Waals surface area contributed by atoms with E-state index in [1.54, 1.807) is 4.52 Å². The van der Waals surface area contributed by atoms with Crippen LogP contribution in [-0.4, -0.2) is 25.8 Å². The fraction of sp³-hybridized carbons (Fsp3) is 0.267. The first-order valence-electron chi connectivity index (χ1n) is 6.86. The lowest BCUT2D eigenvalue weighted by molar-refractivity contribution is -0.115. The molecule has 0 saturated heterocycles. The summed E-state index contributed by atoms with van der Waals surface area (Å²) in [6.45, 7) is 4.16. The Labute approximate surface area is 140 Å². The highest BCUT2D eigenvalue weighted by Gasteiger charge is 2.14. The molecule has 3 aromatic rings. The van der Waals surface area contributed by atoms with Crippen molar-refractivity contribution in [2.45, 2.75) is 20.3 Å². The standard InChI is InChI=1S/C15H15BrN4OS/c1-9-3-4-11(10(2)7-9)12-8-22-15-18-14(19-20(12)15)17-13(21)5-6-16/h3-4,7-8H,5-6H2,1-2H3,(H,17,19,21). The number of benzene rings is 1. The summed E-state index contributed by atoms with van der Waals surface area (Å²) in [5.41, 5.74) is 4.54. The average Bonchev–Trinajstić information content (AvgIpc) is 2.99. The minimum absolute atomic E-state index is 0.0943. The number of hydrogen-bond acceptors (Lipinski definition) is 4. The monoisotopic (exact) mass is 378 g/mol. The molecule has 5 nitrogen and oxygen atoms in total. The summed E-state index contributed by atoms with van der Waals surface area (Å²) in [5.74, 6) is 0.256. The predicted octanol–water partition coefficient (Wildman–Crippen LogP) is 3.80. The van der Waals surface area contributed by atoms with Crippen molar-refractivity contribution in [1.29, 1.82) is 0 Å². The van der Waals surface area contributed by atoms with Crippen LogP contribution in [0, 0.1) is 13.8 Å². The summed E-state index contributed by atoms with van der Waals surface area (Å²) >= 11 is 4.75. The van der Waals surface area contributed by atoms with Gasteiger partial charge in [-0.25, -0.2) is 4.52 Å². The molecule has 1 N–H and O–H groups in total. The summed E-state index contributed by atoms with van der Waals surface area (Å²) < 4.78 is 1.78. The average molecular weight is 379 g/mol. The van der Waals surface area contributed by atoms with Gasteiger partial charge in [-0.05, 0) is 19.4 Å². The van der Waals surface area contributed by atoms with Crippen molar-refractivity contribution in [3.05, 3.63) is 34.7 Å². The third-order valence-corrected chi connectivity index (χ3v) is 4.52. The first kappa shape index (κ1) is 15.2. The highest BCUT2D eigenvalue weighted by atomic mass is 79.9. The Morgan fingerprint density at radius 1 is 1.41 bits per heavy atom. The number of nitrogens with one attached hydrogen (secondary N) is 1. The number of aromatic nitrogens is 3. The van der Waals surface area contributed by atoms with E-state index in [0.717, 1.165) is 16.2 Å². The van der Waals surface area contributed by atoms with Crippen molar-refractivity contribution in [3.63, 3.8) is 0 Å². The zero-order chi connectivity index (χ0) is 15.7. The van der Waals surface area contributed by atoms with Crippen LogP contribution in [0.15, 0.2) is 23.6 Å². The fourth-order valence-electron chi connectivity index (χ4n) is 2.29. The van der Waals surface area contributed by atoms with Crippen LogP contribution in [0.2, 0.25) is 0 Å². The number of alkyl halides is 1. The largest absolute Gasteiger partial charge is 0.293 e. The molecular weight excluding hydrogens is 364 g/mol. The molecule has 2 heterocycles.